The number of fused-ring (bicyclic) bond motifs is 1. The fourth-order valence-electron chi connectivity index (χ4n) is 2.94. The Morgan fingerprint density at radius 3 is 2.41 bits per heavy atom. The van der Waals surface area contributed by atoms with Gasteiger partial charge in [-0.15, -0.1) is 0 Å². The van der Waals surface area contributed by atoms with Gasteiger partial charge in [0.2, 0.25) is 6.79 Å². The molecule has 2 aromatic carbocycles. The molecule has 3 rings (SSSR count). The molecule has 1 heterocycles. The Kier molecular flexibility index (Phi) is 5.13. The van der Waals surface area contributed by atoms with Gasteiger partial charge >= 0.3 is 0 Å². The van der Waals surface area contributed by atoms with Gasteiger partial charge in [-0.2, -0.15) is 0 Å². The van der Waals surface area contributed by atoms with Crippen LogP contribution < -0.4 is 24.4 Å². The van der Waals surface area contributed by atoms with Crippen LogP contribution in [-0.2, 0) is 4.79 Å². The number of amides is 1. The molecule has 9 nitrogen and oxygen atoms in total. The quantitative estimate of drug-likeness (QED) is 0.581. The molecule has 1 aliphatic heterocycles. The van der Waals surface area contributed by atoms with Gasteiger partial charge in [-0.3, -0.25) is 14.9 Å². The van der Waals surface area contributed by atoms with Gasteiger partial charge in [-0.25, -0.2) is 0 Å². The minimum absolute atomic E-state index is 0.00647. The van der Waals surface area contributed by atoms with Crippen molar-refractivity contribution in [1.29, 1.82) is 0 Å². The monoisotopic (exact) mass is 374 g/mol. The molecule has 2 N–H and O–H groups in total. The first-order valence-corrected chi connectivity index (χ1v) is 8.23. The van der Waals surface area contributed by atoms with Crippen molar-refractivity contribution in [2.45, 2.75) is 6.04 Å². The smallest absolute Gasteiger partial charge is 0.287 e. The van der Waals surface area contributed by atoms with Crippen molar-refractivity contribution in [1.82, 2.24) is 0 Å². The molecule has 0 aromatic heterocycles. The molecule has 27 heavy (non-hydrogen) atoms. The Labute approximate surface area is 155 Å². The van der Waals surface area contributed by atoms with E-state index in [1.807, 2.05) is 0 Å². The normalized spacial score (nSPS) is 13.3. The third-order valence-electron chi connectivity index (χ3n) is 4.23. The summed E-state index contributed by atoms with van der Waals surface area (Å²) in [6.07, 6.45) is 0. The van der Waals surface area contributed by atoms with E-state index in [2.05, 4.69) is 5.32 Å². The van der Waals surface area contributed by atoms with E-state index in [0.29, 0.717) is 27.8 Å². The third kappa shape index (κ3) is 3.77. The molecule has 0 radical (unpaired) electrons. The van der Waals surface area contributed by atoms with Crippen molar-refractivity contribution in [3.8, 4) is 17.2 Å². The van der Waals surface area contributed by atoms with Crippen LogP contribution in [0.5, 0.6) is 17.2 Å². The van der Waals surface area contributed by atoms with E-state index < -0.39 is 11.0 Å². The molecule has 0 saturated heterocycles. The number of anilines is 1. The summed E-state index contributed by atoms with van der Waals surface area (Å²) in [5.74, 6) is 0.976. The number of carbonyl (C=O) groups excluding carboxylic acids is 1. The van der Waals surface area contributed by atoms with Crippen LogP contribution in [0.3, 0.4) is 0 Å². The molecule has 9 heteroatoms. The molecule has 1 aliphatic rings. The fourth-order valence-corrected chi connectivity index (χ4v) is 2.94. The summed E-state index contributed by atoms with van der Waals surface area (Å²) >= 11 is 0. The molecule has 2 aromatic rings. The Morgan fingerprint density at radius 1 is 1.22 bits per heavy atom. The number of ether oxygens (including phenoxy) is 3. The lowest BCUT2D eigenvalue weighted by Crippen LogP contribution is -3.07. The lowest BCUT2D eigenvalue weighted by molar-refractivity contribution is -0.881. The van der Waals surface area contributed by atoms with Crippen molar-refractivity contribution in [3.63, 3.8) is 0 Å². The molecule has 1 atom stereocenters. The zero-order chi connectivity index (χ0) is 19.6. The number of nitro groups is 1. The topological polar surface area (TPSA) is 104 Å². The van der Waals surface area contributed by atoms with Crippen LogP contribution in [-0.4, -0.2) is 38.8 Å². The fraction of sp³-hybridized carbons (Fsp3) is 0.278. The minimum atomic E-state index is -0.818. The first-order valence-electron chi connectivity index (χ1n) is 8.23. The van der Waals surface area contributed by atoms with Crippen LogP contribution in [0.15, 0.2) is 36.4 Å². The summed E-state index contributed by atoms with van der Waals surface area (Å²) in [6, 6.07) is 8.83. The first-order chi connectivity index (χ1) is 12.9. The molecule has 1 amide bonds. The van der Waals surface area contributed by atoms with Crippen LogP contribution in [0, 0.1) is 10.1 Å². The summed E-state index contributed by atoms with van der Waals surface area (Å²) < 4.78 is 15.6. The molecule has 0 bridgehead atoms. The second-order valence-corrected chi connectivity index (χ2v) is 6.25. The second-order valence-electron chi connectivity index (χ2n) is 6.25. The number of benzene rings is 2. The maximum atomic E-state index is 12.9. The number of quaternary nitrogens is 1. The van der Waals surface area contributed by atoms with E-state index in [9.17, 15) is 14.9 Å². The number of nitrogens with zero attached hydrogens (tertiary/aromatic N) is 1. The number of carbonyl (C=O) groups is 1. The van der Waals surface area contributed by atoms with Crippen molar-refractivity contribution in [3.05, 3.63) is 52.1 Å². The summed E-state index contributed by atoms with van der Waals surface area (Å²) in [5.41, 5.74) is 0.640. The van der Waals surface area contributed by atoms with Gasteiger partial charge in [0.1, 0.15) is 11.3 Å². The Hall–Kier alpha value is -3.33. The second kappa shape index (κ2) is 7.50. The first kappa shape index (κ1) is 18.5. The molecular weight excluding hydrogens is 354 g/mol. The Bertz CT molecular complexity index is 866. The van der Waals surface area contributed by atoms with E-state index in [1.165, 1.54) is 12.1 Å². The molecule has 1 unspecified atom stereocenters. The summed E-state index contributed by atoms with van der Waals surface area (Å²) in [6.45, 7) is -0.00647. The lowest BCUT2D eigenvalue weighted by Gasteiger charge is -2.21. The lowest BCUT2D eigenvalue weighted by atomic mass is 10.0. The van der Waals surface area contributed by atoms with Crippen molar-refractivity contribution >= 4 is 17.3 Å². The van der Waals surface area contributed by atoms with Crippen LogP contribution in [0.4, 0.5) is 11.4 Å². The summed E-state index contributed by atoms with van der Waals surface area (Å²) in [7, 11) is 5.07. The maximum Gasteiger partial charge on any atom is 0.287 e. The van der Waals surface area contributed by atoms with Crippen LogP contribution in [0.1, 0.15) is 11.6 Å². The largest absolute Gasteiger partial charge is 0.497 e. The van der Waals surface area contributed by atoms with Crippen LogP contribution in [0.2, 0.25) is 0 Å². The van der Waals surface area contributed by atoms with Crippen molar-refractivity contribution in [2.24, 2.45) is 0 Å². The molecule has 0 spiro atoms. The maximum absolute atomic E-state index is 12.9. The summed E-state index contributed by atoms with van der Waals surface area (Å²) in [5, 5.41) is 14.4. The number of likely N-dealkylation sites (N-methyl/N-ethyl adjacent to an activating group) is 1. The average molecular weight is 374 g/mol. The molecule has 0 fully saturated rings. The zero-order valence-electron chi connectivity index (χ0n) is 15.1. The predicted molar refractivity (Wildman–Crippen MR) is 96.4 cm³/mol. The molecule has 142 valence electrons. The predicted octanol–water partition coefficient (Wildman–Crippen LogP) is 1.16. The Morgan fingerprint density at radius 2 is 1.85 bits per heavy atom. The van der Waals surface area contributed by atoms with Gasteiger partial charge in [0, 0.05) is 11.8 Å². The highest BCUT2D eigenvalue weighted by Gasteiger charge is 2.36. The highest BCUT2D eigenvalue weighted by molar-refractivity contribution is 5.95. The highest BCUT2D eigenvalue weighted by Crippen LogP contribution is 2.39. The van der Waals surface area contributed by atoms with E-state index in [4.69, 9.17) is 14.2 Å². The van der Waals surface area contributed by atoms with Gasteiger partial charge < -0.3 is 24.4 Å². The van der Waals surface area contributed by atoms with Crippen LogP contribution in [0.25, 0.3) is 0 Å². The number of hydrogen-bond acceptors (Lipinski definition) is 6. The van der Waals surface area contributed by atoms with Gasteiger partial charge in [0.25, 0.3) is 11.6 Å². The summed E-state index contributed by atoms with van der Waals surface area (Å²) in [4.78, 5) is 24.7. The van der Waals surface area contributed by atoms with E-state index in [-0.39, 0.29) is 24.0 Å². The SMILES string of the molecule is COc1ccc(NC(=O)C(c2cc3c(cc2[N+](=O)[O-])OCO3)[NH+](C)C)cc1. The Balaban J connectivity index is 1.95. The van der Waals surface area contributed by atoms with E-state index in [0.717, 1.165) is 0 Å². The van der Waals surface area contributed by atoms with Gasteiger partial charge in [0.05, 0.1) is 32.2 Å². The average Bonchev–Trinajstić information content (AvgIpc) is 3.08. The van der Waals surface area contributed by atoms with Gasteiger partial charge in [-0.05, 0) is 24.3 Å². The number of nitro benzene ring substituents is 1. The molecular formula is C18H20N3O6+. The molecule has 0 saturated carbocycles. The number of hydrogen-bond donors (Lipinski definition) is 2. The number of nitrogens with one attached hydrogen (secondary N) is 2. The minimum Gasteiger partial charge on any atom is -0.497 e. The van der Waals surface area contributed by atoms with Crippen molar-refractivity contribution in [2.75, 3.05) is 33.3 Å². The van der Waals surface area contributed by atoms with Crippen molar-refractivity contribution < 1.29 is 28.8 Å². The molecule has 0 aliphatic carbocycles. The third-order valence-corrected chi connectivity index (χ3v) is 4.23. The number of rotatable bonds is 6. The zero-order valence-corrected chi connectivity index (χ0v) is 15.1. The van der Waals surface area contributed by atoms with Gasteiger partial charge in [-0.1, -0.05) is 0 Å². The van der Waals surface area contributed by atoms with Crippen LogP contribution >= 0.6 is 0 Å². The standard InChI is InChI=1S/C18H19N3O6/c1-20(2)17(18(22)19-11-4-6-12(25-3)7-5-11)13-8-15-16(27-10-26-15)9-14(13)21(23)24/h4-9,17H,10H2,1-3H3,(H,19,22)/p+1. The van der Waals surface area contributed by atoms with Gasteiger partial charge in [0.15, 0.2) is 17.5 Å². The number of methoxy groups -OCH3 is 1. The van der Waals surface area contributed by atoms with E-state index >= 15 is 0 Å². The highest BCUT2D eigenvalue weighted by atomic mass is 16.7. The van der Waals surface area contributed by atoms with E-state index in [1.54, 1.807) is 45.5 Å².